The van der Waals surface area contributed by atoms with Gasteiger partial charge in [0.25, 0.3) is 0 Å². The fraction of sp³-hybridized carbons (Fsp3) is 0.640. The number of nitrogens with one attached hydrogen (secondary N) is 1. The summed E-state index contributed by atoms with van der Waals surface area (Å²) in [6, 6.07) is 10.8. The zero-order valence-electron chi connectivity index (χ0n) is 18.6. The van der Waals surface area contributed by atoms with Crippen LogP contribution in [0.15, 0.2) is 43.0 Å². The van der Waals surface area contributed by atoms with Gasteiger partial charge in [0.15, 0.2) is 5.79 Å². The Hall–Kier alpha value is -1.85. The van der Waals surface area contributed by atoms with Gasteiger partial charge in [0.2, 0.25) is 5.91 Å². The highest BCUT2D eigenvalue weighted by Crippen LogP contribution is 2.43. The Morgan fingerprint density at radius 2 is 1.80 bits per heavy atom. The number of nitrogens with zero attached hydrogens (tertiary/aromatic N) is 2. The van der Waals surface area contributed by atoms with Gasteiger partial charge in [-0.05, 0) is 62.5 Å². The van der Waals surface area contributed by atoms with Crippen molar-refractivity contribution in [2.45, 2.75) is 76.2 Å². The molecule has 3 fully saturated rings. The Kier molecular flexibility index (Phi) is 5.95. The smallest absolute Gasteiger partial charge is 0.248 e. The van der Waals surface area contributed by atoms with E-state index in [2.05, 4.69) is 47.7 Å². The molecule has 30 heavy (non-hydrogen) atoms. The van der Waals surface area contributed by atoms with Gasteiger partial charge in [-0.25, -0.2) is 0 Å². The number of piperidine rings is 1. The van der Waals surface area contributed by atoms with Crippen LogP contribution in [0.25, 0.3) is 0 Å². The number of rotatable bonds is 5. The summed E-state index contributed by atoms with van der Waals surface area (Å²) < 4.78 is 0. The van der Waals surface area contributed by atoms with Crippen molar-refractivity contribution in [3.63, 3.8) is 0 Å². The van der Waals surface area contributed by atoms with Crippen molar-refractivity contribution in [2.24, 2.45) is 17.6 Å². The predicted octanol–water partition coefficient (Wildman–Crippen LogP) is 3.86. The van der Waals surface area contributed by atoms with E-state index < -0.39 is 11.3 Å². The maximum absolute atomic E-state index is 13.3. The molecule has 1 saturated carbocycles. The number of carbonyl (C=O) groups is 1. The Labute approximate surface area is 181 Å². The number of hydrogen-bond donors (Lipinski definition) is 2. The minimum absolute atomic E-state index is 0.0684. The van der Waals surface area contributed by atoms with Crippen LogP contribution in [0.4, 0.5) is 5.69 Å². The second kappa shape index (κ2) is 8.35. The molecule has 5 nitrogen and oxygen atoms in total. The van der Waals surface area contributed by atoms with E-state index in [4.69, 9.17) is 5.73 Å². The van der Waals surface area contributed by atoms with Gasteiger partial charge in [-0.2, -0.15) is 0 Å². The monoisotopic (exact) mass is 410 g/mol. The van der Waals surface area contributed by atoms with Crippen molar-refractivity contribution in [3.05, 3.63) is 43.0 Å². The van der Waals surface area contributed by atoms with Crippen LogP contribution >= 0.6 is 0 Å². The Morgan fingerprint density at radius 1 is 1.17 bits per heavy atom. The van der Waals surface area contributed by atoms with Crippen LogP contribution in [0.2, 0.25) is 0 Å². The van der Waals surface area contributed by atoms with Crippen LogP contribution in [0.1, 0.15) is 58.8 Å². The average molecular weight is 411 g/mol. The third-order valence-corrected chi connectivity index (χ3v) is 7.88. The fourth-order valence-corrected chi connectivity index (χ4v) is 6.11. The van der Waals surface area contributed by atoms with Crippen LogP contribution in [0.3, 0.4) is 0 Å². The van der Waals surface area contributed by atoms with Gasteiger partial charge in [0.05, 0.1) is 0 Å². The third-order valence-electron chi connectivity index (χ3n) is 7.88. The summed E-state index contributed by atoms with van der Waals surface area (Å²) in [5, 5.41) is 3.13. The molecule has 1 unspecified atom stereocenters. The largest absolute Gasteiger partial charge is 0.321 e. The molecule has 2 saturated heterocycles. The maximum Gasteiger partial charge on any atom is 0.248 e. The highest BCUT2D eigenvalue weighted by atomic mass is 16.2. The molecule has 0 bridgehead atoms. The summed E-state index contributed by atoms with van der Waals surface area (Å²) in [7, 11) is 0. The first-order chi connectivity index (χ1) is 14.4. The lowest BCUT2D eigenvalue weighted by molar-refractivity contribution is -0.125. The van der Waals surface area contributed by atoms with Crippen LogP contribution in [0, 0.1) is 11.8 Å². The molecule has 2 aliphatic heterocycles. The molecule has 3 aliphatic rings. The SMILES string of the molecule is C=CCC1(N)NC(=O)C2(CCN(C3CCC(C(C)C)CC3)CC2)N1c1ccccc1. The first-order valence-corrected chi connectivity index (χ1v) is 11.7. The van der Waals surface area contributed by atoms with Crippen molar-refractivity contribution in [1.29, 1.82) is 0 Å². The van der Waals surface area contributed by atoms with Gasteiger partial charge in [-0.3, -0.25) is 10.5 Å². The lowest BCUT2D eigenvalue weighted by atomic mass is 9.78. The molecule has 2 heterocycles. The molecule has 1 spiro atoms. The zero-order chi connectivity index (χ0) is 21.4. The van der Waals surface area contributed by atoms with E-state index in [1.54, 1.807) is 6.08 Å². The number of para-hydroxylation sites is 1. The second-order valence-corrected chi connectivity index (χ2v) is 9.92. The number of carbonyl (C=O) groups excluding carboxylic acids is 1. The predicted molar refractivity (Wildman–Crippen MR) is 123 cm³/mol. The second-order valence-electron chi connectivity index (χ2n) is 9.92. The molecule has 1 atom stereocenters. The van der Waals surface area contributed by atoms with E-state index >= 15 is 0 Å². The van der Waals surface area contributed by atoms with E-state index in [1.807, 2.05) is 18.2 Å². The maximum atomic E-state index is 13.3. The summed E-state index contributed by atoms with van der Waals surface area (Å²) in [5.74, 6) is 0.819. The summed E-state index contributed by atoms with van der Waals surface area (Å²) in [5.41, 5.74) is 7.20. The van der Waals surface area contributed by atoms with E-state index in [0.29, 0.717) is 12.5 Å². The molecular weight excluding hydrogens is 372 g/mol. The molecule has 164 valence electrons. The number of anilines is 1. The van der Waals surface area contributed by atoms with Gasteiger partial charge >= 0.3 is 0 Å². The van der Waals surface area contributed by atoms with Crippen LogP contribution in [-0.4, -0.2) is 41.3 Å². The lowest BCUT2D eigenvalue weighted by Gasteiger charge is -2.49. The first-order valence-electron chi connectivity index (χ1n) is 11.7. The van der Waals surface area contributed by atoms with Crippen molar-refractivity contribution < 1.29 is 4.79 Å². The Balaban J connectivity index is 1.52. The summed E-state index contributed by atoms with van der Waals surface area (Å²) in [4.78, 5) is 18.1. The molecular formula is C25H38N4O. The van der Waals surface area contributed by atoms with Gasteiger partial charge in [0.1, 0.15) is 5.54 Å². The highest BCUT2D eigenvalue weighted by molar-refractivity contribution is 5.95. The molecule has 1 aliphatic carbocycles. The Morgan fingerprint density at radius 3 is 2.37 bits per heavy atom. The number of likely N-dealkylation sites (tertiary alicyclic amines) is 1. The van der Waals surface area contributed by atoms with Gasteiger partial charge < -0.3 is 15.1 Å². The third kappa shape index (κ3) is 3.67. The summed E-state index contributed by atoms with van der Waals surface area (Å²) in [6.45, 7) is 10.5. The quantitative estimate of drug-likeness (QED) is 0.724. The standard InChI is InChI=1S/C25H38N4O/c1-4-14-25(26)27-23(30)24(29(25)22-8-6-5-7-9-22)15-17-28(18-16-24)21-12-10-20(11-13-21)19(2)3/h4-9,19-21H,1,10-18,26H2,2-3H3,(H,27,30). The minimum atomic E-state index is -0.919. The molecule has 4 rings (SSSR count). The van der Waals surface area contributed by atoms with E-state index in [-0.39, 0.29) is 5.91 Å². The average Bonchev–Trinajstić information content (AvgIpc) is 2.95. The highest BCUT2D eigenvalue weighted by Gasteiger charge is 2.59. The molecule has 1 aromatic rings. The van der Waals surface area contributed by atoms with Crippen LogP contribution in [-0.2, 0) is 4.79 Å². The van der Waals surface area contributed by atoms with Gasteiger partial charge in [-0.1, -0.05) is 38.1 Å². The Bertz CT molecular complexity index is 748. The molecule has 0 radical (unpaired) electrons. The molecule has 0 aromatic heterocycles. The number of hydrogen-bond acceptors (Lipinski definition) is 4. The van der Waals surface area contributed by atoms with E-state index in [9.17, 15) is 4.79 Å². The van der Waals surface area contributed by atoms with Crippen LogP contribution < -0.4 is 16.0 Å². The zero-order valence-corrected chi connectivity index (χ0v) is 18.6. The fourth-order valence-electron chi connectivity index (χ4n) is 6.11. The van der Waals surface area contributed by atoms with Crippen molar-refractivity contribution >= 4 is 11.6 Å². The topological polar surface area (TPSA) is 61.6 Å². The summed E-state index contributed by atoms with van der Waals surface area (Å²) in [6.07, 6.45) is 9.21. The van der Waals surface area contributed by atoms with Crippen molar-refractivity contribution in [1.82, 2.24) is 10.2 Å². The number of benzene rings is 1. The van der Waals surface area contributed by atoms with Gasteiger partial charge in [-0.15, -0.1) is 6.58 Å². The molecule has 3 N–H and O–H groups in total. The lowest BCUT2D eigenvalue weighted by Crippen LogP contribution is -2.65. The minimum Gasteiger partial charge on any atom is -0.321 e. The normalized spacial score (nSPS) is 31.9. The van der Waals surface area contributed by atoms with E-state index in [0.717, 1.165) is 43.5 Å². The van der Waals surface area contributed by atoms with E-state index in [1.165, 1.54) is 25.7 Å². The molecule has 1 amide bonds. The number of amides is 1. The molecule has 5 heteroatoms. The van der Waals surface area contributed by atoms with Gasteiger partial charge in [0, 0.05) is 31.2 Å². The summed E-state index contributed by atoms with van der Waals surface area (Å²) >= 11 is 0. The van der Waals surface area contributed by atoms with Crippen molar-refractivity contribution in [2.75, 3.05) is 18.0 Å². The van der Waals surface area contributed by atoms with Crippen molar-refractivity contribution in [3.8, 4) is 0 Å². The number of nitrogens with two attached hydrogens (primary N) is 1. The van der Waals surface area contributed by atoms with Crippen LogP contribution in [0.5, 0.6) is 0 Å². The first kappa shape index (κ1) is 21.4. The molecule has 1 aromatic carbocycles.